The van der Waals surface area contributed by atoms with Crippen LogP contribution in [0.5, 0.6) is 0 Å². The van der Waals surface area contributed by atoms with Gasteiger partial charge in [0.2, 0.25) is 5.91 Å². The quantitative estimate of drug-likeness (QED) is 0.668. The van der Waals surface area contributed by atoms with Crippen LogP contribution in [0.2, 0.25) is 0 Å². The number of carbonyl (C=O) groups is 1. The van der Waals surface area contributed by atoms with Crippen molar-refractivity contribution in [1.29, 1.82) is 0 Å². The standard InChI is InChI=1S/C19H19NO/c1-20-11-12-10-15-13-6-2-4-8-16(13)19(12,18(20)21)17-9-5-3-7-14(15)17/h2-6,8,10,14-15,17H,7,9,11H2,1H3/t14?,15-,17?,19-/m0/s1. The highest BCUT2D eigenvalue weighted by Crippen LogP contribution is 2.63. The average Bonchev–Trinajstić information content (AvgIpc) is 2.80. The van der Waals surface area contributed by atoms with Crippen molar-refractivity contribution in [3.8, 4) is 0 Å². The molecule has 1 spiro atoms. The van der Waals surface area contributed by atoms with Crippen molar-refractivity contribution in [1.82, 2.24) is 4.90 Å². The van der Waals surface area contributed by atoms with Crippen molar-refractivity contribution in [2.75, 3.05) is 13.6 Å². The Bertz CT molecular complexity index is 716. The van der Waals surface area contributed by atoms with E-state index in [-0.39, 0.29) is 5.41 Å². The molecule has 0 radical (unpaired) electrons. The van der Waals surface area contributed by atoms with E-state index in [0.717, 1.165) is 19.4 Å². The highest BCUT2D eigenvalue weighted by Gasteiger charge is 2.64. The van der Waals surface area contributed by atoms with Gasteiger partial charge in [0.15, 0.2) is 0 Å². The van der Waals surface area contributed by atoms with Crippen LogP contribution in [0.3, 0.4) is 0 Å². The minimum atomic E-state index is -0.352. The van der Waals surface area contributed by atoms with Gasteiger partial charge in [0.1, 0.15) is 5.41 Å². The van der Waals surface area contributed by atoms with Gasteiger partial charge in [0, 0.05) is 19.5 Å². The highest BCUT2D eigenvalue weighted by molar-refractivity contribution is 5.97. The Kier molecular flexibility index (Phi) is 2.06. The van der Waals surface area contributed by atoms with E-state index in [1.807, 2.05) is 11.9 Å². The lowest BCUT2D eigenvalue weighted by Gasteiger charge is -2.54. The van der Waals surface area contributed by atoms with E-state index in [2.05, 4.69) is 42.5 Å². The summed E-state index contributed by atoms with van der Waals surface area (Å²) in [4.78, 5) is 15.1. The van der Waals surface area contributed by atoms with E-state index in [9.17, 15) is 4.79 Å². The second kappa shape index (κ2) is 3.68. The molecule has 1 amide bonds. The number of likely N-dealkylation sites (tertiary alicyclic amines) is 1. The van der Waals surface area contributed by atoms with Crippen LogP contribution in [0.25, 0.3) is 0 Å². The van der Waals surface area contributed by atoms with Gasteiger partial charge in [0.05, 0.1) is 0 Å². The van der Waals surface area contributed by atoms with E-state index in [1.54, 1.807) is 0 Å². The third kappa shape index (κ3) is 1.15. The molecule has 5 aliphatic rings. The van der Waals surface area contributed by atoms with Crippen molar-refractivity contribution >= 4 is 5.91 Å². The lowest BCUT2D eigenvalue weighted by Crippen LogP contribution is -2.54. The van der Waals surface area contributed by atoms with Gasteiger partial charge in [-0.25, -0.2) is 0 Å². The lowest BCUT2D eigenvalue weighted by atomic mass is 9.47. The number of likely N-dealkylation sites (N-methyl/N-ethyl adjacent to an activating group) is 1. The topological polar surface area (TPSA) is 20.3 Å². The third-order valence-corrected chi connectivity index (χ3v) is 6.22. The first kappa shape index (κ1) is 11.8. The zero-order valence-electron chi connectivity index (χ0n) is 12.3. The summed E-state index contributed by atoms with van der Waals surface area (Å²) >= 11 is 0. The molecule has 2 unspecified atom stereocenters. The SMILES string of the molecule is CN1CC2=C[C@H]3c4ccccc4[C@]2(C1=O)C1CC=CCC13. The number of rotatable bonds is 0. The van der Waals surface area contributed by atoms with E-state index < -0.39 is 0 Å². The molecule has 21 heavy (non-hydrogen) atoms. The van der Waals surface area contributed by atoms with Crippen molar-refractivity contribution in [3.05, 3.63) is 59.2 Å². The molecule has 1 aromatic rings. The molecule has 6 rings (SSSR count). The first-order valence-corrected chi connectivity index (χ1v) is 7.95. The van der Waals surface area contributed by atoms with Gasteiger partial charge in [-0.3, -0.25) is 4.79 Å². The van der Waals surface area contributed by atoms with Crippen LogP contribution < -0.4 is 0 Å². The van der Waals surface area contributed by atoms with Gasteiger partial charge >= 0.3 is 0 Å². The molecule has 1 aliphatic heterocycles. The molecule has 106 valence electrons. The predicted octanol–water partition coefficient (Wildman–Crippen LogP) is 3.02. The Hall–Kier alpha value is -1.83. The van der Waals surface area contributed by atoms with E-state index in [0.29, 0.717) is 23.7 Å². The molecule has 1 aromatic carbocycles. The number of benzene rings is 1. The van der Waals surface area contributed by atoms with Gasteiger partial charge < -0.3 is 4.90 Å². The smallest absolute Gasteiger partial charge is 0.237 e. The molecule has 4 atom stereocenters. The predicted molar refractivity (Wildman–Crippen MR) is 81.9 cm³/mol. The fraction of sp³-hybridized carbons (Fsp3) is 0.421. The number of allylic oxidation sites excluding steroid dienone is 3. The van der Waals surface area contributed by atoms with Gasteiger partial charge in [-0.2, -0.15) is 0 Å². The number of amides is 1. The first-order chi connectivity index (χ1) is 10.2. The summed E-state index contributed by atoms with van der Waals surface area (Å²) < 4.78 is 0. The van der Waals surface area contributed by atoms with Gasteiger partial charge in [-0.05, 0) is 41.4 Å². The Labute approximate surface area is 125 Å². The van der Waals surface area contributed by atoms with Crippen LogP contribution in [0.1, 0.15) is 29.9 Å². The van der Waals surface area contributed by atoms with Gasteiger partial charge in [-0.1, -0.05) is 42.5 Å². The maximum absolute atomic E-state index is 13.2. The minimum Gasteiger partial charge on any atom is -0.341 e. The molecular weight excluding hydrogens is 258 g/mol. The van der Waals surface area contributed by atoms with Crippen molar-refractivity contribution < 1.29 is 4.79 Å². The van der Waals surface area contributed by atoms with Crippen LogP contribution in [0, 0.1) is 11.8 Å². The minimum absolute atomic E-state index is 0.324. The summed E-state index contributed by atoms with van der Waals surface area (Å²) in [6.07, 6.45) is 9.21. The van der Waals surface area contributed by atoms with Crippen LogP contribution in [-0.4, -0.2) is 24.4 Å². The second-order valence-corrected chi connectivity index (χ2v) is 6.99. The molecule has 2 bridgehead atoms. The number of hydrogen-bond acceptors (Lipinski definition) is 1. The molecular formula is C19H19NO. The molecule has 4 aliphatic carbocycles. The average molecular weight is 277 g/mol. The number of carbonyl (C=O) groups excluding carboxylic acids is 1. The summed E-state index contributed by atoms with van der Waals surface area (Å²) in [5.41, 5.74) is 3.73. The van der Waals surface area contributed by atoms with Crippen molar-refractivity contribution in [2.24, 2.45) is 11.8 Å². The maximum Gasteiger partial charge on any atom is 0.237 e. The maximum atomic E-state index is 13.2. The summed E-state index contributed by atoms with van der Waals surface area (Å²) in [6.45, 7) is 0.816. The van der Waals surface area contributed by atoms with E-state index >= 15 is 0 Å². The fourth-order valence-electron chi connectivity index (χ4n) is 5.50. The lowest BCUT2D eigenvalue weighted by molar-refractivity contribution is -0.134. The Morgan fingerprint density at radius 3 is 2.90 bits per heavy atom. The zero-order valence-corrected chi connectivity index (χ0v) is 12.3. The summed E-state index contributed by atoms with van der Waals surface area (Å²) in [7, 11) is 1.96. The van der Waals surface area contributed by atoms with Crippen molar-refractivity contribution in [3.63, 3.8) is 0 Å². The summed E-state index contributed by atoms with van der Waals surface area (Å²) in [6, 6.07) is 8.68. The van der Waals surface area contributed by atoms with E-state index in [1.165, 1.54) is 16.7 Å². The Morgan fingerprint density at radius 2 is 2.00 bits per heavy atom. The summed E-state index contributed by atoms with van der Waals surface area (Å²) in [5.74, 6) is 1.89. The van der Waals surface area contributed by atoms with E-state index in [4.69, 9.17) is 0 Å². The largest absolute Gasteiger partial charge is 0.341 e. The molecule has 1 heterocycles. The fourth-order valence-corrected chi connectivity index (χ4v) is 5.50. The van der Waals surface area contributed by atoms with Gasteiger partial charge in [0.25, 0.3) is 0 Å². The molecule has 0 saturated carbocycles. The normalized spacial score (nSPS) is 38.9. The Morgan fingerprint density at radius 1 is 1.19 bits per heavy atom. The molecule has 2 nitrogen and oxygen atoms in total. The molecule has 0 aromatic heterocycles. The van der Waals surface area contributed by atoms with Crippen LogP contribution in [0.15, 0.2) is 48.1 Å². The third-order valence-electron chi connectivity index (χ3n) is 6.22. The monoisotopic (exact) mass is 277 g/mol. The number of hydrogen-bond donors (Lipinski definition) is 0. The van der Waals surface area contributed by atoms with Crippen LogP contribution >= 0.6 is 0 Å². The molecule has 1 saturated heterocycles. The highest BCUT2D eigenvalue weighted by atomic mass is 16.2. The first-order valence-electron chi connectivity index (χ1n) is 7.95. The molecule has 0 N–H and O–H groups in total. The number of nitrogens with zero attached hydrogens (tertiary/aromatic N) is 1. The summed E-state index contributed by atoms with van der Waals surface area (Å²) in [5, 5.41) is 0. The van der Waals surface area contributed by atoms with Crippen molar-refractivity contribution in [2.45, 2.75) is 24.2 Å². The van der Waals surface area contributed by atoms with Crippen LogP contribution in [-0.2, 0) is 10.2 Å². The molecule has 2 heteroatoms. The van der Waals surface area contributed by atoms with Gasteiger partial charge in [-0.15, -0.1) is 0 Å². The Balaban J connectivity index is 1.86. The zero-order chi connectivity index (χ0) is 14.2. The molecule has 1 fully saturated rings. The second-order valence-electron chi connectivity index (χ2n) is 6.99. The van der Waals surface area contributed by atoms with Crippen LogP contribution in [0.4, 0.5) is 0 Å².